The van der Waals surface area contributed by atoms with E-state index in [1.54, 1.807) is 18.3 Å². The first kappa shape index (κ1) is 19.7. The van der Waals surface area contributed by atoms with Crippen molar-refractivity contribution in [2.45, 2.75) is 31.2 Å². The minimum Gasteiger partial charge on any atom is -0.367 e. The lowest BCUT2D eigenvalue weighted by atomic mass is 10.00. The fourth-order valence-electron chi connectivity index (χ4n) is 5.16. The minimum absolute atomic E-state index is 0.143. The van der Waals surface area contributed by atoms with E-state index in [0.29, 0.717) is 17.1 Å². The third-order valence-corrected chi connectivity index (χ3v) is 6.75. The number of benzene rings is 1. The van der Waals surface area contributed by atoms with Crippen LogP contribution < -0.4 is 10.5 Å². The summed E-state index contributed by atoms with van der Waals surface area (Å²) in [5.74, 6) is -0.187. The van der Waals surface area contributed by atoms with Crippen molar-refractivity contribution in [3.63, 3.8) is 0 Å². The van der Waals surface area contributed by atoms with Crippen LogP contribution in [0.4, 0.5) is 10.1 Å². The number of aromatic amines is 1. The van der Waals surface area contributed by atoms with Gasteiger partial charge in [0.2, 0.25) is 0 Å². The standard InChI is InChI=1S/C24H24FN5O/c25-19-4-1-3-17-14-20(28-24(31)23(17)19)16-6-7-18(13-16)29-9-11-30(12-10-29)22-5-2-8-27-21(22)15-26/h1-5,8,14,16,18H,6-7,9-13H2,(H,28,31). The highest BCUT2D eigenvalue weighted by atomic mass is 19.1. The maximum atomic E-state index is 14.0. The van der Waals surface area contributed by atoms with E-state index in [-0.39, 0.29) is 16.9 Å². The van der Waals surface area contributed by atoms with E-state index in [0.717, 1.165) is 56.8 Å². The maximum absolute atomic E-state index is 14.0. The molecular formula is C24H24FN5O. The normalized spacial score (nSPS) is 22.0. The van der Waals surface area contributed by atoms with Crippen LogP contribution in [0.15, 0.2) is 47.4 Å². The Kier molecular flexibility index (Phi) is 5.16. The number of rotatable bonds is 3. The summed E-state index contributed by atoms with van der Waals surface area (Å²) in [6.07, 6.45) is 4.75. The van der Waals surface area contributed by atoms with Gasteiger partial charge in [-0.1, -0.05) is 12.1 Å². The molecule has 31 heavy (non-hydrogen) atoms. The second-order valence-electron chi connectivity index (χ2n) is 8.43. The second-order valence-corrected chi connectivity index (χ2v) is 8.43. The summed E-state index contributed by atoms with van der Waals surface area (Å²) in [4.78, 5) is 24.3. The smallest absolute Gasteiger partial charge is 0.259 e. The monoisotopic (exact) mass is 417 g/mol. The Morgan fingerprint density at radius 1 is 1.13 bits per heavy atom. The van der Waals surface area contributed by atoms with Crippen LogP contribution in [0.1, 0.15) is 36.6 Å². The van der Waals surface area contributed by atoms with E-state index in [4.69, 9.17) is 0 Å². The van der Waals surface area contributed by atoms with E-state index in [2.05, 4.69) is 25.8 Å². The average molecular weight is 417 g/mol. The van der Waals surface area contributed by atoms with E-state index in [1.165, 1.54) is 6.07 Å². The average Bonchev–Trinajstić information content (AvgIpc) is 3.29. The lowest BCUT2D eigenvalue weighted by molar-refractivity contribution is 0.186. The van der Waals surface area contributed by atoms with Gasteiger partial charge in [-0.05, 0) is 48.9 Å². The SMILES string of the molecule is N#Cc1ncccc1N1CCN(C2CCC(c3cc4cccc(F)c4c(=O)[nH]3)C2)CC1. The predicted octanol–water partition coefficient (Wildman–Crippen LogP) is 3.39. The molecule has 3 aromatic rings. The van der Waals surface area contributed by atoms with Gasteiger partial charge in [0.05, 0.1) is 11.1 Å². The molecule has 2 unspecified atom stereocenters. The number of pyridine rings is 2. The van der Waals surface area contributed by atoms with Gasteiger partial charge in [0.1, 0.15) is 11.9 Å². The van der Waals surface area contributed by atoms with Crippen molar-refractivity contribution in [1.29, 1.82) is 5.26 Å². The molecule has 158 valence electrons. The van der Waals surface area contributed by atoms with Gasteiger partial charge < -0.3 is 9.88 Å². The first-order valence-electron chi connectivity index (χ1n) is 10.8. The summed E-state index contributed by atoms with van der Waals surface area (Å²) in [7, 11) is 0. The summed E-state index contributed by atoms with van der Waals surface area (Å²) in [6, 6.07) is 13.2. The van der Waals surface area contributed by atoms with Crippen molar-refractivity contribution in [1.82, 2.24) is 14.9 Å². The van der Waals surface area contributed by atoms with Crippen molar-refractivity contribution in [3.8, 4) is 6.07 Å². The summed E-state index contributed by atoms with van der Waals surface area (Å²) in [6.45, 7) is 3.62. The van der Waals surface area contributed by atoms with E-state index >= 15 is 0 Å². The molecule has 0 radical (unpaired) electrons. The number of hydrogen-bond acceptors (Lipinski definition) is 5. The Bertz CT molecular complexity index is 1210. The minimum atomic E-state index is -0.472. The number of nitriles is 1. The number of aromatic nitrogens is 2. The molecule has 0 amide bonds. The van der Waals surface area contributed by atoms with Crippen LogP contribution in [0.2, 0.25) is 0 Å². The van der Waals surface area contributed by atoms with Crippen LogP contribution >= 0.6 is 0 Å². The second kappa shape index (κ2) is 8.12. The summed E-state index contributed by atoms with van der Waals surface area (Å²) in [5, 5.41) is 10.1. The first-order chi connectivity index (χ1) is 15.1. The van der Waals surface area contributed by atoms with Crippen LogP contribution in [-0.4, -0.2) is 47.1 Å². The number of nitrogens with zero attached hydrogens (tertiary/aromatic N) is 4. The number of H-pyrrole nitrogens is 1. The van der Waals surface area contributed by atoms with Gasteiger partial charge in [-0.3, -0.25) is 9.69 Å². The zero-order valence-corrected chi connectivity index (χ0v) is 17.2. The zero-order valence-electron chi connectivity index (χ0n) is 17.2. The summed E-state index contributed by atoms with van der Waals surface area (Å²) >= 11 is 0. The Morgan fingerprint density at radius 2 is 1.97 bits per heavy atom. The van der Waals surface area contributed by atoms with Crippen molar-refractivity contribution >= 4 is 16.5 Å². The van der Waals surface area contributed by atoms with Crippen LogP contribution in [0.3, 0.4) is 0 Å². The molecule has 1 aromatic carbocycles. The highest BCUT2D eigenvalue weighted by molar-refractivity contribution is 5.82. The molecule has 0 spiro atoms. The molecule has 5 rings (SSSR count). The van der Waals surface area contributed by atoms with Crippen LogP contribution in [-0.2, 0) is 0 Å². The fourth-order valence-corrected chi connectivity index (χ4v) is 5.16. The first-order valence-corrected chi connectivity index (χ1v) is 10.8. The third kappa shape index (κ3) is 3.68. The molecular weight excluding hydrogens is 393 g/mol. The lowest BCUT2D eigenvalue weighted by Crippen LogP contribution is -2.50. The highest BCUT2D eigenvalue weighted by Crippen LogP contribution is 2.37. The summed E-state index contributed by atoms with van der Waals surface area (Å²) < 4.78 is 14.0. The van der Waals surface area contributed by atoms with Gasteiger partial charge in [0.25, 0.3) is 5.56 Å². The van der Waals surface area contributed by atoms with E-state index in [9.17, 15) is 14.4 Å². The Labute approximate surface area is 179 Å². The molecule has 3 heterocycles. The number of halogens is 1. The summed E-state index contributed by atoms with van der Waals surface area (Å²) in [5.41, 5.74) is 1.97. The van der Waals surface area contributed by atoms with Crippen molar-refractivity contribution in [2.24, 2.45) is 0 Å². The number of hydrogen-bond donors (Lipinski definition) is 1. The number of anilines is 1. The fraction of sp³-hybridized carbons (Fsp3) is 0.375. The van der Waals surface area contributed by atoms with Crippen LogP contribution in [0, 0.1) is 17.1 Å². The quantitative estimate of drug-likeness (QED) is 0.707. The van der Waals surface area contributed by atoms with E-state index < -0.39 is 5.82 Å². The van der Waals surface area contributed by atoms with Crippen LogP contribution in [0.5, 0.6) is 0 Å². The molecule has 2 aliphatic rings. The van der Waals surface area contributed by atoms with E-state index in [1.807, 2.05) is 18.2 Å². The van der Waals surface area contributed by atoms with Crippen molar-refractivity contribution < 1.29 is 4.39 Å². The molecule has 2 aromatic heterocycles. The number of fused-ring (bicyclic) bond motifs is 1. The predicted molar refractivity (Wildman–Crippen MR) is 118 cm³/mol. The largest absolute Gasteiger partial charge is 0.367 e. The molecule has 1 saturated heterocycles. The van der Waals surface area contributed by atoms with Gasteiger partial charge in [-0.15, -0.1) is 0 Å². The molecule has 1 saturated carbocycles. The Hall–Kier alpha value is -3.24. The molecule has 6 nitrogen and oxygen atoms in total. The lowest BCUT2D eigenvalue weighted by Gasteiger charge is -2.39. The van der Waals surface area contributed by atoms with Gasteiger partial charge in [0.15, 0.2) is 5.69 Å². The van der Waals surface area contributed by atoms with Crippen molar-refractivity contribution in [2.75, 3.05) is 31.1 Å². The van der Waals surface area contributed by atoms with Crippen molar-refractivity contribution in [3.05, 3.63) is 70.2 Å². The topological polar surface area (TPSA) is 76.0 Å². The van der Waals surface area contributed by atoms with Gasteiger partial charge in [-0.2, -0.15) is 5.26 Å². The molecule has 1 aliphatic heterocycles. The Balaban J connectivity index is 1.26. The zero-order chi connectivity index (χ0) is 21.4. The molecule has 2 fully saturated rings. The highest BCUT2D eigenvalue weighted by Gasteiger charge is 2.33. The third-order valence-electron chi connectivity index (χ3n) is 6.75. The molecule has 1 N–H and O–H groups in total. The number of piperazine rings is 1. The Morgan fingerprint density at radius 3 is 2.77 bits per heavy atom. The molecule has 2 atom stereocenters. The number of nitrogens with one attached hydrogen (secondary N) is 1. The van der Waals surface area contributed by atoms with Gasteiger partial charge >= 0.3 is 0 Å². The molecule has 7 heteroatoms. The van der Waals surface area contributed by atoms with Gasteiger partial charge in [0, 0.05) is 50.0 Å². The molecule has 1 aliphatic carbocycles. The van der Waals surface area contributed by atoms with Crippen LogP contribution in [0.25, 0.3) is 10.8 Å². The van der Waals surface area contributed by atoms with Gasteiger partial charge in [-0.25, -0.2) is 9.37 Å². The molecule has 0 bridgehead atoms. The maximum Gasteiger partial charge on any atom is 0.259 e.